The minimum atomic E-state index is -3.73. The lowest BCUT2D eigenvalue weighted by Crippen LogP contribution is -2.23. The summed E-state index contributed by atoms with van der Waals surface area (Å²) in [7, 11) is -3.73. The molecular weight excluding hydrogens is 376 g/mol. The molecule has 0 bridgehead atoms. The quantitative estimate of drug-likeness (QED) is 0.671. The van der Waals surface area contributed by atoms with Crippen LogP contribution in [-0.4, -0.2) is 14.3 Å². The minimum absolute atomic E-state index is 0.0829. The summed E-state index contributed by atoms with van der Waals surface area (Å²) in [6.07, 6.45) is 0.187. The first kappa shape index (κ1) is 18.2. The van der Waals surface area contributed by atoms with Gasteiger partial charge < -0.3 is 10.1 Å². The number of hydrogen-bond acceptors (Lipinski definition) is 4. The molecule has 0 fully saturated rings. The van der Waals surface area contributed by atoms with Gasteiger partial charge in [-0.2, -0.15) is 0 Å². The van der Waals surface area contributed by atoms with Gasteiger partial charge in [-0.05, 0) is 42.0 Å². The number of nitrogens with one attached hydrogen (secondary N) is 2. The third kappa shape index (κ3) is 3.90. The van der Waals surface area contributed by atoms with Gasteiger partial charge in [0.2, 0.25) is 15.9 Å². The predicted octanol–water partition coefficient (Wildman–Crippen LogP) is 3.45. The maximum absolute atomic E-state index is 12.7. The first-order valence-corrected chi connectivity index (χ1v) is 10.2. The zero-order chi connectivity index (χ0) is 19.6. The van der Waals surface area contributed by atoms with E-state index in [1.807, 2.05) is 48.5 Å². The topological polar surface area (TPSA) is 84.5 Å². The lowest BCUT2D eigenvalue weighted by atomic mass is 10.2. The summed E-state index contributed by atoms with van der Waals surface area (Å²) in [5.74, 6) is 1.12. The summed E-state index contributed by atoms with van der Waals surface area (Å²) in [5.41, 5.74) is 2.05. The maximum Gasteiger partial charge on any atom is 0.240 e. The lowest BCUT2D eigenvalue weighted by Gasteiger charge is -2.12. The number of hydrogen-bond donors (Lipinski definition) is 2. The normalized spacial score (nSPS) is 13.1. The van der Waals surface area contributed by atoms with Gasteiger partial charge in [-0.1, -0.05) is 36.4 Å². The molecule has 0 atom stereocenters. The number of benzene rings is 3. The number of sulfonamides is 1. The van der Waals surface area contributed by atoms with Crippen molar-refractivity contribution in [3.8, 4) is 11.5 Å². The molecule has 142 valence electrons. The Kier molecular flexibility index (Phi) is 4.85. The van der Waals surface area contributed by atoms with Crippen LogP contribution in [0.2, 0.25) is 0 Å². The smallest absolute Gasteiger partial charge is 0.240 e. The largest absolute Gasteiger partial charge is 0.457 e. The Balaban J connectivity index is 1.52. The molecule has 7 heteroatoms. The Labute approximate surface area is 163 Å². The summed E-state index contributed by atoms with van der Waals surface area (Å²) >= 11 is 0. The SMILES string of the molecule is O=C1Cc2cc(S(=O)(=O)NCc3ccccc3Oc3ccccc3)ccc2N1. The van der Waals surface area contributed by atoms with E-state index in [2.05, 4.69) is 10.0 Å². The van der Waals surface area contributed by atoms with E-state index in [9.17, 15) is 13.2 Å². The zero-order valence-corrected chi connectivity index (χ0v) is 15.7. The fraction of sp³-hybridized carbons (Fsp3) is 0.0952. The van der Waals surface area contributed by atoms with E-state index >= 15 is 0 Å². The van der Waals surface area contributed by atoms with E-state index < -0.39 is 10.0 Å². The number of fused-ring (bicyclic) bond motifs is 1. The Bertz CT molecular complexity index is 1130. The molecule has 1 aliphatic heterocycles. The van der Waals surface area contributed by atoms with E-state index in [0.717, 1.165) is 0 Å². The van der Waals surface area contributed by atoms with Crippen molar-refractivity contribution in [1.82, 2.24) is 4.72 Å². The van der Waals surface area contributed by atoms with Gasteiger partial charge in [-0.25, -0.2) is 13.1 Å². The van der Waals surface area contributed by atoms with Crippen molar-refractivity contribution in [1.29, 1.82) is 0 Å². The van der Waals surface area contributed by atoms with Crippen LogP contribution in [0.5, 0.6) is 11.5 Å². The monoisotopic (exact) mass is 394 g/mol. The first-order chi connectivity index (χ1) is 13.5. The standard InChI is InChI=1S/C21H18N2O4S/c24-21-13-16-12-18(10-11-19(16)23-21)28(25,26)22-14-15-6-4-5-9-20(15)27-17-7-2-1-3-8-17/h1-12,22H,13-14H2,(H,23,24). The van der Waals surface area contributed by atoms with Gasteiger partial charge in [0, 0.05) is 17.8 Å². The van der Waals surface area contributed by atoms with Crippen LogP contribution in [0, 0.1) is 0 Å². The molecular formula is C21H18N2O4S. The van der Waals surface area contributed by atoms with E-state index in [0.29, 0.717) is 28.3 Å². The number of carbonyl (C=O) groups is 1. The summed E-state index contributed by atoms with van der Waals surface area (Å²) in [4.78, 5) is 11.6. The molecule has 1 amide bonds. The second kappa shape index (κ2) is 7.46. The number of carbonyl (C=O) groups excluding carboxylic acids is 1. The molecule has 6 nitrogen and oxygen atoms in total. The van der Waals surface area contributed by atoms with Gasteiger partial charge >= 0.3 is 0 Å². The van der Waals surface area contributed by atoms with Crippen LogP contribution in [0.15, 0.2) is 77.7 Å². The van der Waals surface area contributed by atoms with Gasteiger partial charge in [-0.3, -0.25) is 4.79 Å². The van der Waals surface area contributed by atoms with Crippen molar-refractivity contribution in [3.63, 3.8) is 0 Å². The van der Waals surface area contributed by atoms with Crippen LogP contribution < -0.4 is 14.8 Å². The van der Waals surface area contributed by atoms with Crippen molar-refractivity contribution in [2.24, 2.45) is 0 Å². The summed E-state index contributed by atoms with van der Waals surface area (Å²) < 4.78 is 33.9. The Hall–Kier alpha value is -3.16. The van der Waals surface area contributed by atoms with E-state index in [1.165, 1.54) is 12.1 Å². The third-order valence-corrected chi connectivity index (χ3v) is 5.81. The Morgan fingerprint density at radius 2 is 1.71 bits per heavy atom. The third-order valence-electron chi connectivity index (χ3n) is 4.41. The van der Waals surface area contributed by atoms with Crippen LogP contribution >= 0.6 is 0 Å². The van der Waals surface area contributed by atoms with Crippen molar-refractivity contribution in [2.75, 3.05) is 5.32 Å². The highest BCUT2D eigenvalue weighted by atomic mass is 32.2. The molecule has 0 unspecified atom stereocenters. The molecule has 3 aromatic carbocycles. The van der Waals surface area contributed by atoms with Crippen molar-refractivity contribution >= 4 is 21.6 Å². The highest BCUT2D eigenvalue weighted by molar-refractivity contribution is 7.89. The molecule has 28 heavy (non-hydrogen) atoms. The summed E-state index contributed by atoms with van der Waals surface area (Å²) in [6.45, 7) is 0.0829. The second-order valence-electron chi connectivity index (χ2n) is 6.39. The lowest BCUT2D eigenvalue weighted by molar-refractivity contribution is -0.115. The van der Waals surface area contributed by atoms with Gasteiger partial charge in [0.05, 0.1) is 11.3 Å². The summed E-state index contributed by atoms with van der Waals surface area (Å²) in [5, 5.41) is 2.69. The highest BCUT2D eigenvalue weighted by Gasteiger charge is 2.22. The number of para-hydroxylation sites is 2. The van der Waals surface area contributed by atoms with E-state index in [4.69, 9.17) is 4.74 Å². The second-order valence-corrected chi connectivity index (χ2v) is 8.16. The molecule has 4 rings (SSSR count). The molecule has 0 radical (unpaired) electrons. The number of rotatable bonds is 6. The van der Waals surface area contributed by atoms with Crippen LogP contribution in [0.25, 0.3) is 0 Å². The number of ether oxygens (including phenoxy) is 1. The average molecular weight is 394 g/mol. The van der Waals surface area contributed by atoms with Crippen LogP contribution in [0.1, 0.15) is 11.1 Å². The Morgan fingerprint density at radius 3 is 2.54 bits per heavy atom. The van der Waals surface area contributed by atoms with E-state index in [1.54, 1.807) is 12.1 Å². The van der Waals surface area contributed by atoms with Crippen LogP contribution in [0.4, 0.5) is 5.69 Å². The molecule has 3 aromatic rings. The number of amides is 1. The minimum Gasteiger partial charge on any atom is -0.457 e. The molecule has 0 aliphatic carbocycles. The van der Waals surface area contributed by atoms with Gasteiger partial charge in [0.15, 0.2) is 0 Å². The van der Waals surface area contributed by atoms with Crippen molar-refractivity contribution < 1.29 is 17.9 Å². The van der Waals surface area contributed by atoms with Gasteiger partial charge in [-0.15, -0.1) is 0 Å². The highest BCUT2D eigenvalue weighted by Crippen LogP contribution is 2.27. The molecule has 2 N–H and O–H groups in total. The fourth-order valence-corrected chi connectivity index (χ4v) is 4.05. The molecule has 0 saturated carbocycles. The van der Waals surface area contributed by atoms with Crippen LogP contribution in [0.3, 0.4) is 0 Å². The van der Waals surface area contributed by atoms with Crippen LogP contribution in [-0.2, 0) is 27.8 Å². The molecule has 0 spiro atoms. The Morgan fingerprint density at radius 1 is 0.964 bits per heavy atom. The molecule has 0 aromatic heterocycles. The summed E-state index contributed by atoms with van der Waals surface area (Å²) in [6, 6.07) is 21.2. The van der Waals surface area contributed by atoms with Crippen molar-refractivity contribution in [2.45, 2.75) is 17.9 Å². The fourth-order valence-electron chi connectivity index (χ4n) is 2.99. The van der Waals surface area contributed by atoms with E-state index in [-0.39, 0.29) is 23.8 Å². The zero-order valence-electron chi connectivity index (χ0n) is 14.9. The number of anilines is 1. The molecule has 1 heterocycles. The molecule has 0 saturated heterocycles. The predicted molar refractivity (Wildman–Crippen MR) is 106 cm³/mol. The average Bonchev–Trinajstić information content (AvgIpc) is 3.07. The van der Waals surface area contributed by atoms with Gasteiger partial charge in [0.1, 0.15) is 11.5 Å². The molecule has 1 aliphatic rings. The first-order valence-electron chi connectivity index (χ1n) is 8.74. The van der Waals surface area contributed by atoms with Crippen molar-refractivity contribution in [3.05, 3.63) is 83.9 Å². The van der Waals surface area contributed by atoms with Gasteiger partial charge in [0.25, 0.3) is 0 Å². The maximum atomic E-state index is 12.7.